The predicted octanol–water partition coefficient (Wildman–Crippen LogP) is 5.04. The molecule has 1 aromatic heterocycles. The number of aromatic amines is 1. The summed E-state index contributed by atoms with van der Waals surface area (Å²) in [6.45, 7) is 2.88. The number of anilines is 1. The first-order valence-corrected chi connectivity index (χ1v) is 10.5. The molecule has 0 radical (unpaired) electrons. The van der Waals surface area contributed by atoms with Crippen LogP contribution in [0.2, 0.25) is 0 Å². The van der Waals surface area contributed by atoms with Gasteiger partial charge in [-0.2, -0.15) is 0 Å². The van der Waals surface area contributed by atoms with Crippen molar-refractivity contribution in [1.82, 2.24) is 9.88 Å². The molecule has 2 aliphatic rings. The molecule has 150 valence electrons. The van der Waals surface area contributed by atoms with Crippen LogP contribution >= 0.6 is 0 Å². The summed E-state index contributed by atoms with van der Waals surface area (Å²) in [5.74, 6) is 0.710. The van der Waals surface area contributed by atoms with Gasteiger partial charge in [0.1, 0.15) is 5.82 Å². The van der Waals surface area contributed by atoms with Crippen molar-refractivity contribution >= 4 is 22.5 Å². The zero-order chi connectivity index (χ0) is 19.8. The van der Waals surface area contributed by atoms with E-state index in [1.54, 1.807) is 12.1 Å². The fourth-order valence-electron chi connectivity index (χ4n) is 4.41. The average Bonchev–Trinajstić information content (AvgIpc) is 3.52. The Morgan fingerprint density at radius 1 is 1.10 bits per heavy atom. The van der Waals surface area contributed by atoms with Crippen molar-refractivity contribution in [3.8, 4) is 0 Å². The lowest BCUT2D eigenvalue weighted by Gasteiger charge is -2.32. The maximum absolute atomic E-state index is 13.6. The standard InChI is InChI=1S/C24H26FN3O/c25-20-6-7-23-22(13-20)19(14-26-23)15-28-10-8-16(9-11-28)18-2-1-3-21(12-18)27-24(29)17-4-5-17/h1-3,6-7,12-14,16-17,26H,4-5,8-11,15H2,(H,27,29). The molecule has 1 saturated heterocycles. The Morgan fingerprint density at radius 3 is 2.72 bits per heavy atom. The topological polar surface area (TPSA) is 48.1 Å². The van der Waals surface area contributed by atoms with Gasteiger partial charge >= 0.3 is 0 Å². The third kappa shape index (κ3) is 4.06. The molecule has 29 heavy (non-hydrogen) atoms. The molecule has 1 amide bonds. The Bertz CT molecular complexity index is 1030. The largest absolute Gasteiger partial charge is 0.361 e. The summed E-state index contributed by atoms with van der Waals surface area (Å²) in [6.07, 6.45) is 6.23. The van der Waals surface area contributed by atoms with Gasteiger partial charge in [-0.05, 0) is 86.1 Å². The van der Waals surface area contributed by atoms with E-state index in [0.717, 1.165) is 67.5 Å². The maximum Gasteiger partial charge on any atom is 0.227 e. The molecule has 1 aliphatic heterocycles. The third-order valence-electron chi connectivity index (χ3n) is 6.28. The van der Waals surface area contributed by atoms with Crippen LogP contribution in [-0.4, -0.2) is 28.9 Å². The van der Waals surface area contributed by atoms with E-state index in [1.165, 1.54) is 11.6 Å². The Balaban J connectivity index is 1.21. The second-order valence-electron chi connectivity index (χ2n) is 8.44. The second-order valence-corrected chi connectivity index (χ2v) is 8.44. The van der Waals surface area contributed by atoms with Gasteiger partial charge in [0.2, 0.25) is 5.91 Å². The summed E-state index contributed by atoms with van der Waals surface area (Å²) in [7, 11) is 0. The molecule has 5 heteroatoms. The Kier molecular flexibility index (Phi) is 4.84. The van der Waals surface area contributed by atoms with Gasteiger partial charge in [0.05, 0.1) is 0 Å². The summed E-state index contributed by atoms with van der Waals surface area (Å²) >= 11 is 0. The molecule has 1 aliphatic carbocycles. The highest BCUT2D eigenvalue weighted by molar-refractivity contribution is 5.94. The highest BCUT2D eigenvalue weighted by atomic mass is 19.1. The number of H-pyrrole nitrogens is 1. The maximum atomic E-state index is 13.6. The smallest absolute Gasteiger partial charge is 0.227 e. The van der Waals surface area contributed by atoms with Crippen LogP contribution in [0, 0.1) is 11.7 Å². The van der Waals surface area contributed by atoms with Gasteiger partial charge in [0.25, 0.3) is 0 Å². The molecule has 0 atom stereocenters. The first-order chi connectivity index (χ1) is 14.2. The molecule has 0 bridgehead atoms. The molecule has 2 heterocycles. The predicted molar refractivity (Wildman–Crippen MR) is 113 cm³/mol. The zero-order valence-corrected chi connectivity index (χ0v) is 16.5. The first kappa shape index (κ1) is 18.4. The average molecular weight is 391 g/mol. The number of carbonyl (C=O) groups is 1. The van der Waals surface area contributed by atoms with Crippen molar-refractivity contribution < 1.29 is 9.18 Å². The van der Waals surface area contributed by atoms with E-state index >= 15 is 0 Å². The van der Waals surface area contributed by atoms with Crippen molar-refractivity contribution in [2.75, 3.05) is 18.4 Å². The first-order valence-electron chi connectivity index (χ1n) is 10.5. The number of carbonyl (C=O) groups excluding carboxylic acids is 1. The molecular weight excluding hydrogens is 365 g/mol. The molecule has 0 unspecified atom stereocenters. The summed E-state index contributed by atoms with van der Waals surface area (Å²) in [5, 5.41) is 4.04. The van der Waals surface area contributed by atoms with Crippen LogP contribution in [0.1, 0.15) is 42.7 Å². The molecule has 0 spiro atoms. The molecule has 1 saturated carbocycles. The molecule has 2 fully saturated rings. The van der Waals surface area contributed by atoms with Gasteiger partial charge in [-0.3, -0.25) is 9.69 Å². The van der Waals surface area contributed by atoms with E-state index in [2.05, 4.69) is 27.3 Å². The van der Waals surface area contributed by atoms with Gasteiger partial charge in [-0.1, -0.05) is 12.1 Å². The summed E-state index contributed by atoms with van der Waals surface area (Å²) < 4.78 is 13.6. The number of halogens is 1. The number of nitrogens with zero attached hydrogens (tertiary/aromatic N) is 1. The number of rotatable bonds is 5. The number of amides is 1. The van der Waals surface area contributed by atoms with Crippen molar-refractivity contribution in [1.29, 1.82) is 0 Å². The monoisotopic (exact) mass is 391 g/mol. The second kappa shape index (κ2) is 7.64. The van der Waals surface area contributed by atoms with E-state index in [0.29, 0.717) is 5.92 Å². The molecule has 5 rings (SSSR count). The van der Waals surface area contributed by atoms with Gasteiger partial charge in [0, 0.05) is 35.2 Å². The van der Waals surface area contributed by atoms with Crippen LogP contribution in [0.15, 0.2) is 48.7 Å². The minimum Gasteiger partial charge on any atom is -0.361 e. The highest BCUT2D eigenvalue weighted by Gasteiger charge is 2.29. The number of aromatic nitrogens is 1. The van der Waals surface area contributed by atoms with Gasteiger partial charge in [-0.15, -0.1) is 0 Å². The Hall–Kier alpha value is -2.66. The highest BCUT2D eigenvalue weighted by Crippen LogP contribution is 2.33. The molecule has 2 N–H and O–H groups in total. The normalized spacial score (nSPS) is 18.2. The van der Waals surface area contributed by atoms with Crippen molar-refractivity contribution in [2.24, 2.45) is 5.92 Å². The summed E-state index contributed by atoms with van der Waals surface area (Å²) in [6, 6.07) is 13.3. The number of likely N-dealkylation sites (tertiary alicyclic amines) is 1. The van der Waals surface area contributed by atoms with Crippen LogP contribution in [0.3, 0.4) is 0 Å². The molecular formula is C24H26FN3O. The van der Waals surface area contributed by atoms with Crippen LogP contribution in [0.5, 0.6) is 0 Å². The lowest BCUT2D eigenvalue weighted by atomic mass is 9.89. The van der Waals surface area contributed by atoms with Crippen LogP contribution in [0.4, 0.5) is 10.1 Å². The van der Waals surface area contributed by atoms with Gasteiger partial charge in [-0.25, -0.2) is 4.39 Å². The minimum absolute atomic E-state index is 0.159. The van der Waals surface area contributed by atoms with E-state index < -0.39 is 0 Å². The third-order valence-corrected chi connectivity index (χ3v) is 6.28. The number of benzene rings is 2. The Morgan fingerprint density at radius 2 is 1.93 bits per heavy atom. The fourth-order valence-corrected chi connectivity index (χ4v) is 4.41. The molecule has 4 nitrogen and oxygen atoms in total. The molecule has 2 aromatic carbocycles. The molecule has 3 aromatic rings. The number of fused-ring (bicyclic) bond motifs is 1. The van der Waals surface area contributed by atoms with Crippen molar-refractivity contribution in [3.63, 3.8) is 0 Å². The van der Waals surface area contributed by atoms with E-state index in [9.17, 15) is 9.18 Å². The summed E-state index contributed by atoms with van der Waals surface area (Å²) in [4.78, 5) is 17.7. The number of nitrogens with one attached hydrogen (secondary N) is 2. The van der Waals surface area contributed by atoms with Crippen LogP contribution in [0.25, 0.3) is 10.9 Å². The number of hydrogen-bond donors (Lipinski definition) is 2. The number of hydrogen-bond acceptors (Lipinski definition) is 2. The summed E-state index contributed by atoms with van der Waals surface area (Å²) in [5.41, 5.74) is 4.37. The van der Waals surface area contributed by atoms with Crippen molar-refractivity contribution in [2.45, 2.75) is 38.1 Å². The quantitative estimate of drug-likeness (QED) is 0.640. The van der Waals surface area contributed by atoms with E-state index in [1.807, 2.05) is 18.3 Å². The van der Waals surface area contributed by atoms with E-state index in [-0.39, 0.29) is 17.6 Å². The lowest BCUT2D eigenvalue weighted by Crippen LogP contribution is -2.32. The SMILES string of the molecule is O=C(Nc1cccc(C2CCN(Cc3c[nH]c4ccc(F)cc34)CC2)c1)C1CC1. The van der Waals surface area contributed by atoms with Gasteiger partial charge < -0.3 is 10.3 Å². The fraction of sp³-hybridized carbons (Fsp3) is 0.375. The van der Waals surface area contributed by atoms with Crippen LogP contribution in [-0.2, 0) is 11.3 Å². The van der Waals surface area contributed by atoms with Crippen LogP contribution < -0.4 is 5.32 Å². The zero-order valence-electron chi connectivity index (χ0n) is 16.5. The lowest BCUT2D eigenvalue weighted by molar-refractivity contribution is -0.117. The number of piperidine rings is 1. The van der Waals surface area contributed by atoms with Crippen molar-refractivity contribution in [3.05, 3.63) is 65.6 Å². The Labute approximate surface area is 170 Å². The minimum atomic E-state index is -0.189. The van der Waals surface area contributed by atoms with E-state index in [4.69, 9.17) is 0 Å². The van der Waals surface area contributed by atoms with Gasteiger partial charge in [0.15, 0.2) is 0 Å².